The third-order valence-corrected chi connectivity index (χ3v) is 4.66. The Balaban J connectivity index is 0.00000225. The summed E-state index contributed by atoms with van der Waals surface area (Å²) in [7, 11) is 0. The van der Waals surface area contributed by atoms with Gasteiger partial charge in [-0.1, -0.05) is 17.3 Å². The van der Waals surface area contributed by atoms with Crippen molar-refractivity contribution < 1.29 is 9.32 Å². The highest BCUT2D eigenvalue weighted by atomic mass is 35.5. The van der Waals surface area contributed by atoms with E-state index in [4.69, 9.17) is 10.3 Å². The normalized spacial score (nSPS) is 15.1. The molecule has 2 aromatic rings. The molecular formula is C18H25ClN4O2. The zero-order valence-corrected chi connectivity index (χ0v) is 15.5. The summed E-state index contributed by atoms with van der Waals surface area (Å²) in [5.74, 6) is 0.974. The number of aryl methyl sites for hydroxylation is 2. The van der Waals surface area contributed by atoms with Crippen molar-refractivity contribution in [1.29, 1.82) is 0 Å². The number of nitrogens with two attached hydrogens (primary N) is 1. The first-order valence-corrected chi connectivity index (χ1v) is 8.31. The second-order valence-corrected chi connectivity index (χ2v) is 6.27. The largest absolute Gasteiger partial charge is 0.361 e. The summed E-state index contributed by atoms with van der Waals surface area (Å²) in [6, 6.07) is 7.56. The fourth-order valence-electron chi connectivity index (χ4n) is 3.03. The van der Waals surface area contributed by atoms with Crippen molar-refractivity contribution in [3.63, 3.8) is 0 Å². The molecule has 0 saturated carbocycles. The summed E-state index contributed by atoms with van der Waals surface area (Å²) in [6.45, 7) is 8.43. The number of carbonyl (C=O) groups excluding carboxylic acids is 1. The smallest absolute Gasteiger partial charge is 0.253 e. The fraction of sp³-hybridized carbons (Fsp3) is 0.444. The second-order valence-electron chi connectivity index (χ2n) is 6.27. The van der Waals surface area contributed by atoms with E-state index in [2.05, 4.69) is 10.1 Å². The number of rotatable bonds is 4. The van der Waals surface area contributed by atoms with Crippen molar-refractivity contribution in [2.24, 2.45) is 5.73 Å². The zero-order valence-electron chi connectivity index (χ0n) is 14.7. The summed E-state index contributed by atoms with van der Waals surface area (Å²) in [4.78, 5) is 16.8. The molecule has 1 aromatic heterocycles. The Morgan fingerprint density at radius 2 is 1.80 bits per heavy atom. The lowest BCUT2D eigenvalue weighted by Gasteiger charge is -2.34. The Morgan fingerprint density at radius 1 is 1.16 bits per heavy atom. The number of hydrogen-bond acceptors (Lipinski definition) is 5. The van der Waals surface area contributed by atoms with Crippen LogP contribution in [0, 0.1) is 13.8 Å². The van der Waals surface area contributed by atoms with Gasteiger partial charge in [0.05, 0.1) is 5.69 Å². The summed E-state index contributed by atoms with van der Waals surface area (Å²) >= 11 is 0. The van der Waals surface area contributed by atoms with Gasteiger partial charge in [0, 0.05) is 50.4 Å². The van der Waals surface area contributed by atoms with E-state index in [9.17, 15) is 4.79 Å². The molecule has 6 nitrogen and oxygen atoms in total. The Bertz CT molecular complexity index is 687. The lowest BCUT2D eigenvalue weighted by Crippen LogP contribution is -2.48. The maximum atomic E-state index is 12.6. The van der Waals surface area contributed by atoms with Gasteiger partial charge < -0.3 is 15.2 Å². The van der Waals surface area contributed by atoms with Crippen molar-refractivity contribution in [3.8, 4) is 0 Å². The lowest BCUT2D eigenvalue weighted by atomic mass is 10.1. The Morgan fingerprint density at radius 3 is 2.32 bits per heavy atom. The number of aromatic nitrogens is 1. The molecule has 1 amide bonds. The molecule has 2 N–H and O–H groups in total. The lowest BCUT2D eigenvalue weighted by molar-refractivity contribution is 0.0627. The number of piperazine rings is 1. The summed E-state index contributed by atoms with van der Waals surface area (Å²) in [5.41, 5.74) is 9.47. The van der Waals surface area contributed by atoms with Gasteiger partial charge in [0.25, 0.3) is 5.91 Å². The van der Waals surface area contributed by atoms with Crippen molar-refractivity contribution >= 4 is 18.3 Å². The molecule has 0 radical (unpaired) electrons. The molecular weight excluding hydrogens is 340 g/mol. The monoisotopic (exact) mass is 364 g/mol. The van der Waals surface area contributed by atoms with E-state index in [1.165, 1.54) is 0 Å². The molecule has 136 valence electrons. The van der Waals surface area contributed by atoms with Crippen molar-refractivity contribution in [3.05, 3.63) is 52.4 Å². The second kappa shape index (κ2) is 8.47. The van der Waals surface area contributed by atoms with Crippen LogP contribution < -0.4 is 5.73 Å². The van der Waals surface area contributed by atoms with Crippen LogP contribution in [0.2, 0.25) is 0 Å². The van der Waals surface area contributed by atoms with Gasteiger partial charge in [-0.2, -0.15) is 0 Å². The number of benzene rings is 1. The molecule has 25 heavy (non-hydrogen) atoms. The average molecular weight is 365 g/mol. The Labute approximate surface area is 154 Å². The highest BCUT2D eigenvalue weighted by molar-refractivity contribution is 5.94. The van der Waals surface area contributed by atoms with E-state index in [1.807, 2.05) is 43.0 Å². The van der Waals surface area contributed by atoms with Crippen LogP contribution in [0.4, 0.5) is 0 Å². The van der Waals surface area contributed by atoms with E-state index in [0.717, 1.165) is 60.9 Å². The molecule has 0 unspecified atom stereocenters. The van der Waals surface area contributed by atoms with Crippen molar-refractivity contribution in [1.82, 2.24) is 15.0 Å². The predicted octanol–water partition coefficient (Wildman–Crippen LogP) is 2.13. The Kier molecular flexibility index (Phi) is 6.58. The van der Waals surface area contributed by atoms with Gasteiger partial charge in [0.1, 0.15) is 5.76 Å². The van der Waals surface area contributed by atoms with Gasteiger partial charge in [-0.15, -0.1) is 12.4 Å². The molecule has 0 bridgehead atoms. The maximum absolute atomic E-state index is 12.6. The molecule has 1 aliphatic rings. The molecule has 0 spiro atoms. The van der Waals surface area contributed by atoms with E-state index in [1.54, 1.807) is 0 Å². The molecule has 1 fully saturated rings. The third-order valence-electron chi connectivity index (χ3n) is 4.66. The van der Waals surface area contributed by atoms with Crippen LogP contribution in [0.5, 0.6) is 0 Å². The van der Waals surface area contributed by atoms with E-state index in [0.29, 0.717) is 6.54 Å². The molecule has 0 aliphatic carbocycles. The van der Waals surface area contributed by atoms with Gasteiger partial charge in [-0.25, -0.2) is 0 Å². The van der Waals surface area contributed by atoms with Gasteiger partial charge in [-0.3, -0.25) is 9.69 Å². The van der Waals surface area contributed by atoms with Crippen LogP contribution in [0.25, 0.3) is 0 Å². The standard InChI is InChI=1S/C18H24N4O2.ClH/c1-13-17(14(2)24-20-13)12-21-7-9-22(10-8-21)18(23)16-5-3-15(11-19)4-6-16;/h3-6H,7-12,19H2,1-2H3;1H. The Hall–Kier alpha value is -1.89. The molecule has 1 aliphatic heterocycles. The minimum atomic E-state index is 0. The van der Waals surface area contributed by atoms with Crippen molar-refractivity contribution in [2.75, 3.05) is 26.2 Å². The first-order chi connectivity index (χ1) is 11.6. The zero-order chi connectivity index (χ0) is 17.1. The van der Waals surface area contributed by atoms with Crippen LogP contribution in [-0.4, -0.2) is 47.0 Å². The maximum Gasteiger partial charge on any atom is 0.253 e. The number of halogens is 1. The average Bonchev–Trinajstić information content (AvgIpc) is 2.94. The minimum absolute atomic E-state index is 0. The molecule has 2 heterocycles. The van der Waals surface area contributed by atoms with Gasteiger partial charge in [0.15, 0.2) is 0 Å². The summed E-state index contributed by atoms with van der Waals surface area (Å²) < 4.78 is 5.22. The van der Waals surface area contributed by atoms with Crippen molar-refractivity contribution in [2.45, 2.75) is 26.9 Å². The highest BCUT2D eigenvalue weighted by Gasteiger charge is 2.23. The quantitative estimate of drug-likeness (QED) is 0.899. The van der Waals surface area contributed by atoms with Crippen LogP contribution >= 0.6 is 12.4 Å². The van der Waals surface area contributed by atoms with Gasteiger partial charge in [0.2, 0.25) is 0 Å². The topological polar surface area (TPSA) is 75.6 Å². The predicted molar refractivity (Wildman–Crippen MR) is 98.7 cm³/mol. The van der Waals surface area contributed by atoms with Gasteiger partial charge in [-0.05, 0) is 31.5 Å². The minimum Gasteiger partial charge on any atom is -0.361 e. The van der Waals surface area contributed by atoms with Crippen LogP contribution in [0.3, 0.4) is 0 Å². The molecule has 1 aromatic carbocycles. The van der Waals surface area contributed by atoms with E-state index >= 15 is 0 Å². The summed E-state index contributed by atoms with van der Waals surface area (Å²) in [5, 5.41) is 4.00. The number of hydrogen-bond donors (Lipinski definition) is 1. The number of carbonyl (C=O) groups is 1. The molecule has 0 atom stereocenters. The van der Waals surface area contributed by atoms with Gasteiger partial charge >= 0.3 is 0 Å². The third kappa shape index (κ3) is 4.39. The molecule has 7 heteroatoms. The first kappa shape index (κ1) is 19.4. The molecule has 1 saturated heterocycles. The fourth-order valence-corrected chi connectivity index (χ4v) is 3.03. The number of amides is 1. The number of nitrogens with zero attached hydrogens (tertiary/aromatic N) is 3. The summed E-state index contributed by atoms with van der Waals surface area (Å²) in [6.07, 6.45) is 0. The highest BCUT2D eigenvalue weighted by Crippen LogP contribution is 2.17. The van der Waals surface area contributed by atoms with E-state index < -0.39 is 0 Å². The molecule has 3 rings (SSSR count). The van der Waals surface area contributed by atoms with Crippen LogP contribution in [0.1, 0.15) is 32.9 Å². The first-order valence-electron chi connectivity index (χ1n) is 8.31. The van der Waals surface area contributed by atoms with Crippen LogP contribution in [0.15, 0.2) is 28.8 Å². The van der Waals surface area contributed by atoms with Crippen LogP contribution in [-0.2, 0) is 13.1 Å². The SMILES string of the molecule is Cc1noc(C)c1CN1CCN(C(=O)c2ccc(CN)cc2)CC1.Cl. The van der Waals surface area contributed by atoms with E-state index in [-0.39, 0.29) is 18.3 Å².